The quantitative estimate of drug-likeness (QED) is 0.649. The Labute approximate surface area is 168 Å². The number of carbonyl (C=O) groups is 2. The first-order chi connectivity index (χ1) is 14.1. The van der Waals surface area contributed by atoms with Crippen LogP contribution >= 0.6 is 0 Å². The Morgan fingerprint density at radius 2 is 1.90 bits per heavy atom. The molecule has 0 fully saturated rings. The molecular formula is C23H21N3O3. The molecule has 146 valence electrons. The van der Waals surface area contributed by atoms with E-state index >= 15 is 0 Å². The second kappa shape index (κ2) is 8.19. The van der Waals surface area contributed by atoms with Crippen LogP contribution in [-0.2, 0) is 28.8 Å². The third kappa shape index (κ3) is 4.14. The number of aryl methyl sites for hydroxylation is 2. The van der Waals surface area contributed by atoms with Crippen molar-refractivity contribution in [2.24, 2.45) is 0 Å². The molecule has 3 aromatic rings. The van der Waals surface area contributed by atoms with Crippen molar-refractivity contribution in [3.63, 3.8) is 0 Å². The molecule has 0 aliphatic heterocycles. The molecule has 29 heavy (non-hydrogen) atoms. The molecule has 0 atom stereocenters. The lowest BCUT2D eigenvalue weighted by Gasteiger charge is -2.10. The van der Waals surface area contributed by atoms with E-state index in [1.54, 1.807) is 30.3 Å². The van der Waals surface area contributed by atoms with Gasteiger partial charge in [-0.15, -0.1) is 0 Å². The summed E-state index contributed by atoms with van der Waals surface area (Å²) in [5, 5.41) is 12.4. The lowest BCUT2D eigenvalue weighted by molar-refractivity contribution is -0.119. The fraction of sp³-hybridized carbons (Fsp3) is 0.261. The van der Waals surface area contributed by atoms with E-state index in [0.717, 1.165) is 35.7 Å². The predicted octanol–water partition coefficient (Wildman–Crippen LogP) is 3.91. The van der Waals surface area contributed by atoms with Crippen molar-refractivity contribution in [3.8, 4) is 6.07 Å². The lowest BCUT2D eigenvalue weighted by Crippen LogP contribution is -2.20. The summed E-state index contributed by atoms with van der Waals surface area (Å²) in [7, 11) is 0. The van der Waals surface area contributed by atoms with Gasteiger partial charge in [0.15, 0.2) is 6.61 Å². The van der Waals surface area contributed by atoms with Crippen LogP contribution in [0, 0.1) is 11.3 Å². The van der Waals surface area contributed by atoms with Crippen molar-refractivity contribution in [3.05, 3.63) is 64.8 Å². The molecule has 0 saturated heterocycles. The van der Waals surface area contributed by atoms with Crippen LogP contribution in [0.3, 0.4) is 0 Å². The first-order valence-corrected chi connectivity index (χ1v) is 9.70. The van der Waals surface area contributed by atoms with Crippen LogP contribution in [-0.4, -0.2) is 23.5 Å². The van der Waals surface area contributed by atoms with Crippen LogP contribution in [0.5, 0.6) is 0 Å². The van der Waals surface area contributed by atoms with Gasteiger partial charge in [-0.2, -0.15) is 5.26 Å². The second-order valence-corrected chi connectivity index (χ2v) is 7.21. The number of H-pyrrole nitrogens is 1. The maximum Gasteiger partial charge on any atom is 0.338 e. The summed E-state index contributed by atoms with van der Waals surface area (Å²) in [5.41, 5.74) is 5.49. The van der Waals surface area contributed by atoms with Crippen molar-refractivity contribution in [2.75, 3.05) is 11.9 Å². The maximum absolute atomic E-state index is 12.4. The zero-order chi connectivity index (χ0) is 20.2. The molecule has 0 radical (unpaired) electrons. The molecule has 1 aliphatic carbocycles. The molecule has 1 amide bonds. The molecule has 2 aromatic carbocycles. The number of fused-ring (bicyclic) bond motifs is 3. The minimum atomic E-state index is -0.517. The Balaban J connectivity index is 1.37. The monoisotopic (exact) mass is 387 g/mol. The number of hydrogen-bond acceptors (Lipinski definition) is 4. The van der Waals surface area contributed by atoms with Gasteiger partial charge in [0.25, 0.3) is 5.91 Å². The normalized spacial score (nSPS) is 12.8. The van der Waals surface area contributed by atoms with Gasteiger partial charge in [0.1, 0.15) is 0 Å². The SMILES string of the molecule is N#CCc1ccc(NC(=O)COC(=O)c2ccc3[nH]c4c(c3c2)CCCC4)cc1. The maximum atomic E-state index is 12.4. The Bertz CT molecular complexity index is 1110. The van der Waals surface area contributed by atoms with Crippen molar-refractivity contribution < 1.29 is 14.3 Å². The van der Waals surface area contributed by atoms with E-state index in [1.807, 2.05) is 12.1 Å². The molecular weight excluding hydrogens is 366 g/mol. The van der Waals surface area contributed by atoms with Gasteiger partial charge >= 0.3 is 5.97 Å². The summed E-state index contributed by atoms with van der Waals surface area (Å²) < 4.78 is 5.19. The van der Waals surface area contributed by atoms with Crippen molar-refractivity contribution >= 4 is 28.5 Å². The number of nitrogens with zero attached hydrogens (tertiary/aromatic N) is 1. The van der Waals surface area contributed by atoms with E-state index in [-0.39, 0.29) is 6.61 Å². The summed E-state index contributed by atoms with van der Waals surface area (Å²) in [4.78, 5) is 27.9. The first-order valence-electron chi connectivity index (χ1n) is 9.70. The van der Waals surface area contributed by atoms with Crippen LogP contribution < -0.4 is 5.32 Å². The van der Waals surface area contributed by atoms with Gasteiger partial charge in [-0.3, -0.25) is 4.79 Å². The number of aromatic amines is 1. The number of ether oxygens (including phenoxy) is 1. The molecule has 0 unspecified atom stereocenters. The van der Waals surface area contributed by atoms with Crippen molar-refractivity contribution in [1.29, 1.82) is 5.26 Å². The molecule has 4 rings (SSSR count). The number of nitriles is 1. The van der Waals surface area contributed by atoms with Gasteiger partial charge in [0.05, 0.1) is 18.1 Å². The van der Waals surface area contributed by atoms with Crippen LogP contribution in [0.25, 0.3) is 10.9 Å². The predicted molar refractivity (Wildman–Crippen MR) is 110 cm³/mol. The Morgan fingerprint density at radius 3 is 2.69 bits per heavy atom. The summed E-state index contributed by atoms with van der Waals surface area (Å²) in [6, 6.07) is 14.5. The Morgan fingerprint density at radius 1 is 1.10 bits per heavy atom. The topological polar surface area (TPSA) is 95.0 Å². The van der Waals surface area contributed by atoms with E-state index in [9.17, 15) is 9.59 Å². The fourth-order valence-electron chi connectivity index (χ4n) is 3.74. The molecule has 6 heteroatoms. The molecule has 2 N–H and O–H groups in total. The largest absolute Gasteiger partial charge is 0.452 e. The summed E-state index contributed by atoms with van der Waals surface area (Å²) >= 11 is 0. The summed E-state index contributed by atoms with van der Waals surface area (Å²) in [6.07, 6.45) is 4.72. The van der Waals surface area contributed by atoms with E-state index < -0.39 is 11.9 Å². The average Bonchev–Trinajstić information content (AvgIpc) is 3.11. The third-order valence-corrected chi connectivity index (χ3v) is 5.19. The van der Waals surface area contributed by atoms with Crippen LogP contribution in [0.15, 0.2) is 42.5 Å². The van der Waals surface area contributed by atoms with Crippen molar-refractivity contribution in [2.45, 2.75) is 32.1 Å². The zero-order valence-corrected chi connectivity index (χ0v) is 16.0. The zero-order valence-electron chi connectivity index (χ0n) is 16.0. The summed E-state index contributed by atoms with van der Waals surface area (Å²) in [6.45, 7) is -0.359. The fourth-order valence-corrected chi connectivity index (χ4v) is 3.74. The van der Waals surface area contributed by atoms with Gasteiger partial charge in [0.2, 0.25) is 0 Å². The summed E-state index contributed by atoms with van der Waals surface area (Å²) in [5.74, 6) is -0.927. The molecule has 1 heterocycles. The van der Waals surface area contributed by atoms with Gasteiger partial charge < -0.3 is 15.0 Å². The number of aromatic nitrogens is 1. The average molecular weight is 387 g/mol. The molecule has 0 bridgehead atoms. The van der Waals surface area contributed by atoms with Crippen LogP contribution in [0.2, 0.25) is 0 Å². The number of nitrogens with one attached hydrogen (secondary N) is 2. The van der Waals surface area contributed by atoms with Crippen LogP contribution in [0.1, 0.15) is 40.0 Å². The smallest absolute Gasteiger partial charge is 0.338 e. The minimum Gasteiger partial charge on any atom is -0.452 e. The Kier molecular flexibility index (Phi) is 5.30. The molecule has 6 nitrogen and oxygen atoms in total. The van der Waals surface area contributed by atoms with Gasteiger partial charge in [-0.1, -0.05) is 12.1 Å². The van der Waals surface area contributed by atoms with Gasteiger partial charge in [-0.25, -0.2) is 4.79 Å². The number of benzene rings is 2. The number of rotatable bonds is 5. The second-order valence-electron chi connectivity index (χ2n) is 7.21. The highest BCUT2D eigenvalue weighted by Crippen LogP contribution is 2.29. The van der Waals surface area contributed by atoms with E-state index in [0.29, 0.717) is 17.7 Å². The van der Waals surface area contributed by atoms with E-state index in [1.165, 1.54) is 17.7 Å². The molecule has 1 aliphatic rings. The molecule has 0 saturated carbocycles. The van der Waals surface area contributed by atoms with Gasteiger partial charge in [0, 0.05) is 22.3 Å². The van der Waals surface area contributed by atoms with E-state index in [4.69, 9.17) is 10.00 Å². The van der Waals surface area contributed by atoms with Gasteiger partial charge in [-0.05, 0) is 67.1 Å². The number of anilines is 1. The Hall–Kier alpha value is -3.59. The number of carbonyl (C=O) groups excluding carboxylic acids is 2. The number of amides is 1. The minimum absolute atomic E-state index is 0.320. The number of esters is 1. The highest BCUT2D eigenvalue weighted by molar-refractivity contribution is 5.98. The highest BCUT2D eigenvalue weighted by Gasteiger charge is 2.17. The number of hydrogen-bond donors (Lipinski definition) is 2. The molecule has 1 aromatic heterocycles. The third-order valence-electron chi connectivity index (χ3n) is 5.19. The standard InChI is InChI=1S/C23H21N3O3/c24-12-11-15-5-8-17(9-6-15)25-22(27)14-29-23(28)16-7-10-21-19(13-16)18-3-1-2-4-20(18)26-21/h5-10,13,26H,1-4,11,14H2,(H,25,27). The lowest BCUT2D eigenvalue weighted by atomic mass is 9.95. The van der Waals surface area contributed by atoms with Crippen molar-refractivity contribution in [1.82, 2.24) is 4.98 Å². The van der Waals surface area contributed by atoms with Crippen LogP contribution in [0.4, 0.5) is 5.69 Å². The van der Waals surface area contributed by atoms with E-state index in [2.05, 4.69) is 16.4 Å². The highest BCUT2D eigenvalue weighted by atomic mass is 16.5. The first kappa shape index (κ1) is 18.8. The molecule has 0 spiro atoms.